The fourth-order valence-corrected chi connectivity index (χ4v) is 3.69. The fourth-order valence-electron chi connectivity index (χ4n) is 3.69. The van der Waals surface area contributed by atoms with Gasteiger partial charge in [0, 0.05) is 25.2 Å². The van der Waals surface area contributed by atoms with Crippen LogP contribution in [0.5, 0.6) is 0 Å². The molecule has 0 bridgehead atoms. The van der Waals surface area contributed by atoms with Gasteiger partial charge in [-0.05, 0) is 48.6 Å². The Labute approximate surface area is 157 Å². The molecule has 2 aromatic carbocycles. The smallest absolute Gasteiger partial charge is 0.313 e. The first-order valence-electron chi connectivity index (χ1n) is 9.12. The molecule has 6 heteroatoms. The standard InChI is InChI=1S/C21H21N3O3/c1-13-2-4-14(5-3-13)12-22-20(26)21(27)23-17-10-15-6-7-18(25)24-9-8-16(11-17)19(15)24/h2-5,10-11H,6-9,12H2,1H3,(H,22,26)(H,23,27). The van der Waals surface area contributed by atoms with E-state index in [1.807, 2.05) is 48.2 Å². The van der Waals surface area contributed by atoms with Crippen LogP contribution in [0.15, 0.2) is 36.4 Å². The summed E-state index contributed by atoms with van der Waals surface area (Å²) < 4.78 is 0. The topological polar surface area (TPSA) is 78.5 Å². The molecule has 0 fully saturated rings. The fraction of sp³-hybridized carbons (Fsp3) is 0.286. The average molecular weight is 363 g/mol. The maximum Gasteiger partial charge on any atom is 0.313 e. The quantitative estimate of drug-likeness (QED) is 0.820. The van der Waals surface area contributed by atoms with Gasteiger partial charge in [0.25, 0.3) is 0 Å². The molecule has 0 aromatic heterocycles. The van der Waals surface area contributed by atoms with Gasteiger partial charge in [0.15, 0.2) is 0 Å². The summed E-state index contributed by atoms with van der Waals surface area (Å²) in [5.74, 6) is -1.19. The Kier molecular flexibility index (Phi) is 4.39. The number of nitrogens with one attached hydrogen (secondary N) is 2. The van der Waals surface area contributed by atoms with E-state index < -0.39 is 11.8 Å². The van der Waals surface area contributed by atoms with Gasteiger partial charge < -0.3 is 15.5 Å². The molecule has 2 heterocycles. The van der Waals surface area contributed by atoms with Crippen molar-refractivity contribution in [2.24, 2.45) is 0 Å². The van der Waals surface area contributed by atoms with E-state index in [4.69, 9.17) is 0 Å². The second kappa shape index (κ2) is 6.87. The number of hydrogen-bond donors (Lipinski definition) is 2. The zero-order valence-corrected chi connectivity index (χ0v) is 15.2. The van der Waals surface area contributed by atoms with Crippen molar-refractivity contribution in [3.05, 3.63) is 58.7 Å². The predicted molar refractivity (Wildman–Crippen MR) is 102 cm³/mol. The Hall–Kier alpha value is -3.15. The van der Waals surface area contributed by atoms with Gasteiger partial charge in [-0.1, -0.05) is 29.8 Å². The van der Waals surface area contributed by atoms with Crippen molar-refractivity contribution in [3.8, 4) is 0 Å². The highest BCUT2D eigenvalue weighted by atomic mass is 16.2. The highest BCUT2D eigenvalue weighted by Gasteiger charge is 2.31. The maximum absolute atomic E-state index is 12.2. The van der Waals surface area contributed by atoms with Crippen molar-refractivity contribution < 1.29 is 14.4 Å². The van der Waals surface area contributed by atoms with Crippen molar-refractivity contribution in [1.82, 2.24) is 5.32 Å². The Morgan fingerprint density at radius 2 is 1.70 bits per heavy atom. The summed E-state index contributed by atoms with van der Waals surface area (Å²) in [5.41, 5.74) is 5.79. The number of aryl methyl sites for hydroxylation is 2. The molecule has 27 heavy (non-hydrogen) atoms. The molecule has 2 aliphatic heterocycles. The summed E-state index contributed by atoms with van der Waals surface area (Å²) >= 11 is 0. The lowest BCUT2D eigenvalue weighted by Gasteiger charge is -2.25. The van der Waals surface area contributed by atoms with Crippen LogP contribution >= 0.6 is 0 Å². The SMILES string of the molecule is Cc1ccc(CNC(=O)C(=O)Nc2cc3c4c(c2)CCN4C(=O)CC3)cc1. The van der Waals surface area contributed by atoms with Crippen LogP contribution in [0, 0.1) is 6.92 Å². The predicted octanol–water partition coefficient (Wildman–Crippen LogP) is 2.09. The molecule has 0 atom stereocenters. The van der Waals surface area contributed by atoms with E-state index in [-0.39, 0.29) is 5.91 Å². The number of amides is 3. The number of hydrogen-bond acceptors (Lipinski definition) is 3. The second-order valence-electron chi connectivity index (χ2n) is 7.06. The Balaban J connectivity index is 1.42. The van der Waals surface area contributed by atoms with Crippen LogP contribution in [-0.4, -0.2) is 24.3 Å². The molecular formula is C21H21N3O3. The van der Waals surface area contributed by atoms with E-state index in [0.717, 1.165) is 34.4 Å². The minimum atomic E-state index is -0.684. The van der Waals surface area contributed by atoms with E-state index in [1.165, 1.54) is 0 Å². The normalized spacial score (nSPS) is 14.7. The van der Waals surface area contributed by atoms with Crippen LogP contribution < -0.4 is 15.5 Å². The lowest BCUT2D eigenvalue weighted by molar-refractivity contribution is -0.136. The maximum atomic E-state index is 12.2. The first kappa shape index (κ1) is 17.3. The molecular weight excluding hydrogens is 342 g/mol. The molecule has 0 unspecified atom stereocenters. The van der Waals surface area contributed by atoms with Crippen molar-refractivity contribution in [1.29, 1.82) is 0 Å². The van der Waals surface area contributed by atoms with Crippen molar-refractivity contribution in [2.75, 3.05) is 16.8 Å². The first-order chi connectivity index (χ1) is 13.0. The van der Waals surface area contributed by atoms with Gasteiger partial charge in [-0.3, -0.25) is 14.4 Å². The Morgan fingerprint density at radius 1 is 1.00 bits per heavy atom. The molecule has 0 saturated carbocycles. The number of benzene rings is 2. The number of anilines is 2. The molecule has 0 spiro atoms. The van der Waals surface area contributed by atoms with E-state index >= 15 is 0 Å². The van der Waals surface area contributed by atoms with Crippen LogP contribution in [0.25, 0.3) is 0 Å². The third-order valence-electron chi connectivity index (χ3n) is 5.09. The summed E-state index contributed by atoms with van der Waals surface area (Å²) in [7, 11) is 0. The van der Waals surface area contributed by atoms with Gasteiger partial charge in [-0.2, -0.15) is 0 Å². The molecule has 138 valence electrons. The van der Waals surface area contributed by atoms with E-state index in [1.54, 1.807) is 0 Å². The summed E-state index contributed by atoms with van der Waals surface area (Å²) in [6, 6.07) is 11.5. The van der Waals surface area contributed by atoms with Crippen molar-refractivity contribution in [2.45, 2.75) is 32.7 Å². The molecule has 0 saturated heterocycles. The summed E-state index contributed by atoms with van der Waals surface area (Å²) in [6.07, 6.45) is 1.93. The van der Waals surface area contributed by atoms with Gasteiger partial charge in [0.05, 0.1) is 5.69 Å². The van der Waals surface area contributed by atoms with Gasteiger partial charge in [-0.25, -0.2) is 0 Å². The number of carbonyl (C=O) groups excluding carboxylic acids is 3. The zero-order chi connectivity index (χ0) is 19.0. The van der Waals surface area contributed by atoms with Crippen LogP contribution in [0.2, 0.25) is 0 Å². The van der Waals surface area contributed by atoms with Crippen LogP contribution in [0.3, 0.4) is 0 Å². The molecule has 6 nitrogen and oxygen atoms in total. The lowest BCUT2D eigenvalue weighted by atomic mass is 9.98. The summed E-state index contributed by atoms with van der Waals surface area (Å²) in [6.45, 7) is 2.99. The molecule has 4 rings (SSSR count). The monoisotopic (exact) mass is 363 g/mol. The van der Waals surface area contributed by atoms with Crippen LogP contribution in [0.1, 0.15) is 28.7 Å². The summed E-state index contributed by atoms with van der Waals surface area (Å²) in [4.78, 5) is 38.1. The number of carbonyl (C=O) groups is 3. The van der Waals surface area contributed by atoms with Crippen molar-refractivity contribution >= 4 is 29.1 Å². The van der Waals surface area contributed by atoms with Gasteiger partial charge in [-0.15, -0.1) is 0 Å². The van der Waals surface area contributed by atoms with E-state index in [9.17, 15) is 14.4 Å². The third kappa shape index (κ3) is 3.43. The van der Waals surface area contributed by atoms with Crippen LogP contribution in [-0.2, 0) is 33.8 Å². The minimum absolute atomic E-state index is 0.161. The highest BCUT2D eigenvalue weighted by molar-refractivity contribution is 6.39. The van der Waals surface area contributed by atoms with Crippen molar-refractivity contribution in [3.63, 3.8) is 0 Å². The van der Waals surface area contributed by atoms with Crippen LogP contribution in [0.4, 0.5) is 11.4 Å². The molecule has 0 radical (unpaired) electrons. The molecule has 2 aliphatic rings. The Morgan fingerprint density at radius 3 is 2.44 bits per heavy atom. The largest absolute Gasteiger partial charge is 0.344 e. The first-order valence-corrected chi connectivity index (χ1v) is 9.12. The second-order valence-corrected chi connectivity index (χ2v) is 7.06. The third-order valence-corrected chi connectivity index (χ3v) is 5.09. The Bertz CT molecular complexity index is 934. The number of nitrogens with zero attached hydrogens (tertiary/aromatic N) is 1. The molecule has 2 aromatic rings. The van der Waals surface area contributed by atoms with Gasteiger partial charge >= 0.3 is 11.8 Å². The highest BCUT2D eigenvalue weighted by Crippen LogP contribution is 2.38. The van der Waals surface area contributed by atoms with E-state index in [0.29, 0.717) is 31.6 Å². The molecule has 3 amide bonds. The van der Waals surface area contributed by atoms with Gasteiger partial charge in [0.2, 0.25) is 5.91 Å². The molecule has 2 N–H and O–H groups in total. The zero-order valence-electron chi connectivity index (χ0n) is 15.2. The van der Waals surface area contributed by atoms with E-state index in [2.05, 4.69) is 10.6 Å². The van der Waals surface area contributed by atoms with Gasteiger partial charge in [0.1, 0.15) is 0 Å². The average Bonchev–Trinajstić information content (AvgIpc) is 3.09. The summed E-state index contributed by atoms with van der Waals surface area (Å²) in [5, 5.41) is 5.33. The molecule has 0 aliphatic carbocycles. The number of rotatable bonds is 3. The lowest BCUT2D eigenvalue weighted by Crippen LogP contribution is -2.35. The minimum Gasteiger partial charge on any atom is -0.344 e.